The highest BCUT2D eigenvalue weighted by atomic mass is 79.9. The number of alkyl halides is 3. The predicted molar refractivity (Wildman–Crippen MR) is 41.8 cm³/mol. The van der Waals surface area contributed by atoms with E-state index in [1.807, 2.05) is 0 Å². The van der Waals surface area contributed by atoms with Crippen LogP contribution in [-0.4, -0.2) is 15.2 Å². The molecule has 0 heterocycles. The summed E-state index contributed by atoms with van der Waals surface area (Å²) in [6.07, 6.45) is 0. The minimum atomic E-state index is -1.75. The maximum Gasteiger partial charge on any atom is 0.193 e. The quantitative estimate of drug-likeness (QED) is 0.698. The Morgan fingerprint density at radius 1 is 1.56 bits per heavy atom. The third kappa shape index (κ3) is 3.30. The maximum atomic E-state index is 12.6. The van der Waals surface area contributed by atoms with Crippen molar-refractivity contribution in [2.75, 3.05) is 0 Å². The molecule has 0 aliphatic carbocycles. The average Bonchev–Trinajstić information content (AvgIpc) is 1.62. The van der Waals surface area contributed by atoms with Gasteiger partial charge in [-0.25, -0.2) is 4.39 Å². The van der Waals surface area contributed by atoms with E-state index >= 15 is 0 Å². The third-order valence-corrected chi connectivity index (χ3v) is 1.62. The Morgan fingerprint density at radius 3 is 1.89 bits per heavy atom. The summed E-state index contributed by atoms with van der Waals surface area (Å²) in [6, 6.07) is 0. The molecule has 0 spiro atoms. The number of halogens is 3. The van der Waals surface area contributed by atoms with E-state index in [1.165, 1.54) is 13.8 Å². The Labute approximate surface area is 70.3 Å². The van der Waals surface area contributed by atoms with Crippen LogP contribution >= 0.6 is 31.9 Å². The zero-order chi connectivity index (χ0) is 7.65. The van der Waals surface area contributed by atoms with Crippen molar-refractivity contribution < 1.29 is 9.18 Å². The van der Waals surface area contributed by atoms with Crippen LogP contribution in [-0.2, 0) is 4.79 Å². The first-order valence-electron chi connectivity index (χ1n) is 2.37. The number of carbonyl (C=O) groups is 1. The molecular formula is C5H7Br2FO. The summed E-state index contributed by atoms with van der Waals surface area (Å²) in [6.45, 7) is 2.45. The van der Waals surface area contributed by atoms with Gasteiger partial charge in [-0.05, 0) is 13.8 Å². The van der Waals surface area contributed by atoms with Crippen LogP contribution in [0.5, 0.6) is 0 Å². The predicted octanol–water partition coefficient (Wildman–Crippen LogP) is 2.42. The lowest BCUT2D eigenvalue weighted by atomic mass is 10.1. The molecule has 0 aliphatic rings. The van der Waals surface area contributed by atoms with Crippen LogP contribution < -0.4 is 0 Å². The molecule has 0 amide bonds. The standard InChI is InChI=1S/C5H7Br2FO/c1-5(2,8)3(9)4(6)7/h4H,1-2H3. The normalized spacial score (nSPS) is 12.2. The molecular weight excluding hydrogens is 255 g/mol. The molecule has 0 radical (unpaired) electrons. The Morgan fingerprint density at radius 2 is 1.89 bits per heavy atom. The SMILES string of the molecule is CC(C)(F)C(=O)C(Br)Br. The van der Waals surface area contributed by atoms with Crippen LogP contribution in [0.15, 0.2) is 0 Å². The van der Waals surface area contributed by atoms with E-state index in [4.69, 9.17) is 0 Å². The van der Waals surface area contributed by atoms with Gasteiger partial charge < -0.3 is 0 Å². The lowest BCUT2D eigenvalue weighted by molar-refractivity contribution is -0.126. The molecule has 0 N–H and O–H groups in total. The fourth-order valence-corrected chi connectivity index (χ4v) is 1.35. The summed E-state index contributed by atoms with van der Waals surface area (Å²) in [5, 5.41) is 0. The van der Waals surface area contributed by atoms with Gasteiger partial charge in [0, 0.05) is 0 Å². The number of hydrogen-bond donors (Lipinski definition) is 0. The van der Waals surface area contributed by atoms with Gasteiger partial charge >= 0.3 is 0 Å². The van der Waals surface area contributed by atoms with Crippen molar-refractivity contribution in [3.8, 4) is 0 Å². The molecule has 0 rings (SSSR count). The molecule has 1 nitrogen and oxygen atoms in total. The molecule has 0 atom stereocenters. The van der Waals surface area contributed by atoms with Crippen LogP contribution in [0.4, 0.5) is 4.39 Å². The molecule has 0 saturated heterocycles. The van der Waals surface area contributed by atoms with Gasteiger partial charge in [-0.2, -0.15) is 0 Å². The minimum absolute atomic E-state index is 0.498. The zero-order valence-corrected chi connectivity index (χ0v) is 8.29. The summed E-state index contributed by atoms with van der Waals surface area (Å²) in [5.74, 6) is -0.498. The summed E-state index contributed by atoms with van der Waals surface area (Å²) in [5.41, 5.74) is -1.75. The van der Waals surface area contributed by atoms with Crippen molar-refractivity contribution in [1.29, 1.82) is 0 Å². The molecule has 54 valence electrons. The fraction of sp³-hybridized carbons (Fsp3) is 0.800. The van der Waals surface area contributed by atoms with Gasteiger partial charge in [0.15, 0.2) is 11.5 Å². The first-order chi connectivity index (χ1) is 3.85. The molecule has 0 aromatic rings. The first-order valence-corrected chi connectivity index (χ1v) is 4.20. The van der Waals surface area contributed by atoms with E-state index in [0.29, 0.717) is 0 Å². The van der Waals surface area contributed by atoms with Crippen LogP contribution in [0.25, 0.3) is 0 Å². The van der Waals surface area contributed by atoms with Gasteiger partial charge in [0.05, 0.1) is 0 Å². The van der Waals surface area contributed by atoms with Gasteiger partial charge in [0.2, 0.25) is 0 Å². The van der Waals surface area contributed by atoms with E-state index in [-0.39, 0.29) is 0 Å². The third-order valence-electron chi connectivity index (χ3n) is 0.784. The lowest BCUT2D eigenvalue weighted by Crippen LogP contribution is -2.30. The molecule has 0 saturated carbocycles. The van der Waals surface area contributed by atoms with Crippen molar-refractivity contribution >= 4 is 37.6 Å². The van der Waals surface area contributed by atoms with Gasteiger partial charge in [0.1, 0.15) is 3.74 Å². The molecule has 0 aromatic heterocycles. The molecule has 9 heavy (non-hydrogen) atoms. The average molecular weight is 262 g/mol. The highest BCUT2D eigenvalue weighted by Crippen LogP contribution is 2.20. The minimum Gasteiger partial charge on any atom is -0.294 e. The van der Waals surface area contributed by atoms with Gasteiger partial charge in [-0.3, -0.25) is 4.79 Å². The van der Waals surface area contributed by atoms with Crippen molar-refractivity contribution in [3.05, 3.63) is 0 Å². The fourth-order valence-electron chi connectivity index (χ4n) is 0.259. The van der Waals surface area contributed by atoms with Crippen molar-refractivity contribution in [2.24, 2.45) is 0 Å². The Balaban J connectivity index is 4.06. The van der Waals surface area contributed by atoms with Crippen molar-refractivity contribution in [1.82, 2.24) is 0 Å². The van der Waals surface area contributed by atoms with Crippen molar-refractivity contribution in [3.63, 3.8) is 0 Å². The molecule has 0 unspecified atom stereocenters. The Hall–Kier alpha value is 0.560. The number of carbonyl (C=O) groups excluding carboxylic acids is 1. The van der Waals surface area contributed by atoms with E-state index in [1.54, 1.807) is 0 Å². The van der Waals surface area contributed by atoms with Crippen molar-refractivity contribution in [2.45, 2.75) is 23.3 Å². The van der Waals surface area contributed by atoms with Gasteiger partial charge in [-0.1, -0.05) is 31.9 Å². The molecule has 4 heteroatoms. The van der Waals surface area contributed by atoms with Crippen LogP contribution in [0, 0.1) is 0 Å². The molecule has 0 bridgehead atoms. The summed E-state index contributed by atoms with van der Waals surface area (Å²) >= 11 is 5.81. The second-order valence-electron chi connectivity index (χ2n) is 2.14. The van der Waals surface area contributed by atoms with Gasteiger partial charge in [-0.15, -0.1) is 0 Å². The number of hydrogen-bond acceptors (Lipinski definition) is 1. The van der Waals surface area contributed by atoms with E-state index in [2.05, 4.69) is 31.9 Å². The van der Waals surface area contributed by atoms with Gasteiger partial charge in [0.25, 0.3) is 0 Å². The monoisotopic (exact) mass is 260 g/mol. The smallest absolute Gasteiger partial charge is 0.193 e. The number of ketones is 1. The largest absolute Gasteiger partial charge is 0.294 e. The second-order valence-corrected chi connectivity index (χ2v) is 5.20. The summed E-state index contributed by atoms with van der Waals surface area (Å²) in [7, 11) is 0. The molecule has 0 fully saturated rings. The van der Waals surface area contributed by atoms with Crippen LogP contribution in [0.3, 0.4) is 0 Å². The molecule has 0 aromatic carbocycles. The highest BCUT2D eigenvalue weighted by Gasteiger charge is 2.30. The van der Waals surface area contributed by atoms with Crippen LogP contribution in [0.2, 0.25) is 0 Å². The Bertz CT molecular complexity index is 117. The topological polar surface area (TPSA) is 17.1 Å². The summed E-state index contributed by atoms with van der Waals surface area (Å²) in [4.78, 5) is 10.7. The number of rotatable bonds is 2. The lowest BCUT2D eigenvalue weighted by Gasteiger charge is -2.12. The molecule has 0 aliphatic heterocycles. The Kier molecular flexibility index (Phi) is 3.29. The zero-order valence-electron chi connectivity index (χ0n) is 5.12. The van der Waals surface area contributed by atoms with E-state index < -0.39 is 15.2 Å². The maximum absolute atomic E-state index is 12.6. The van der Waals surface area contributed by atoms with E-state index in [9.17, 15) is 9.18 Å². The first kappa shape index (κ1) is 9.56. The summed E-state index contributed by atoms with van der Waals surface area (Å²) < 4.78 is 12.0. The highest BCUT2D eigenvalue weighted by molar-refractivity contribution is 9.25. The number of Topliss-reactive ketones (excluding diaryl/α,β-unsaturated/α-hetero) is 1. The van der Waals surface area contributed by atoms with E-state index in [0.717, 1.165) is 0 Å². The second kappa shape index (κ2) is 3.10. The van der Waals surface area contributed by atoms with Crippen LogP contribution in [0.1, 0.15) is 13.8 Å².